The van der Waals surface area contributed by atoms with Gasteiger partial charge in [-0.15, -0.1) is 0 Å². The van der Waals surface area contributed by atoms with Crippen LogP contribution >= 0.6 is 0 Å². The summed E-state index contributed by atoms with van der Waals surface area (Å²) in [5.41, 5.74) is 1.74. The van der Waals surface area contributed by atoms with Gasteiger partial charge in [-0.05, 0) is 12.1 Å². The molecule has 0 saturated heterocycles. The van der Waals surface area contributed by atoms with Gasteiger partial charge in [-0.1, -0.05) is 39.0 Å². The Balaban J connectivity index is 2.16. The van der Waals surface area contributed by atoms with E-state index in [-0.39, 0.29) is 5.91 Å². The second-order valence-corrected chi connectivity index (χ2v) is 6.35. The number of rotatable bonds is 2. The number of benzene rings is 2. The summed E-state index contributed by atoms with van der Waals surface area (Å²) in [5, 5.41) is 4.92. The summed E-state index contributed by atoms with van der Waals surface area (Å²) < 4.78 is 11.2. The standard InChI is InChI=1S/C18H19NO3/c1-18(2,3)17(20)19-13-9-12-11-7-5-6-8-14(11)22-15(12)10-16(13)21-4/h5-10H,1-4H3,(H,19,20). The van der Waals surface area contributed by atoms with Gasteiger partial charge in [0.1, 0.15) is 16.9 Å². The van der Waals surface area contributed by atoms with Crippen LogP contribution < -0.4 is 10.1 Å². The van der Waals surface area contributed by atoms with Gasteiger partial charge in [-0.25, -0.2) is 0 Å². The van der Waals surface area contributed by atoms with Gasteiger partial charge in [0, 0.05) is 22.3 Å². The van der Waals surface area contributed by atoms with Crippen LogP contribution in [0.1, 0.15) is 20.8 Å². The largest absolute Gasteiger partial charge is 0.494 e. The highest BCUT2D eigenvalue weighted by Crippen LogP contribution is 2.36. The van der Waals surface area contributed by atoms with Crippen LogP contribution in [-0.4, -0.2) is 13.0 Å². The van der Waals surface area contributed by atoms with E-state index in [9.17, 15) is 4.79 Å². The molecule has 1 heterocycles. The molecule has 4 heteroatoms. The zero-order valence-electron chi connectivity index (χ0n) is 13.2. The normalized spacial score (nSPS) is 11.8. The van der Waals surface area contributed by atoms with Crippen LogP contribution in [0, 0.1) is 5.41 Å². The monoisotopic (exact) mass is 297 g/mol. The smallest absolute Gasteiger partial charge is 0.229 e. The van der Waals surface area contributed by atoms with Crippen molar-refractivity contribution in [3.8, 4) is 5.75 Å². The molecule has 0 aliphatic rings. The quantitative estimate of drug-likeness (QED) is 0.753. The van der Waals surface area contributed by atoms with Crippen molar-refractivity contribution in [2.45, 2.75) is 20.8 Å². The molecule has 0 radical (unpaired) electrons. The van der Waals surface area contributed by atoms with Gasteiger partial charge in [-0.3, -0.25) is 4.79 Å². The average molecular weight is 297 g/mol. The summed E-state index contributed by atoms with van der Waals surface area (Å²) in [4.78, 5) is 12.2. The van der Waals surface area contributed by atoms with E-state index >= 15 is 0 Å². The molecule has 0 aliphatic carbocycles. The summed E-state index contributed by atoms with van der Waals surface area (Å²) >= 11 is 0. The van der Waals surface area contributed by atoms with Gasteiger partial charge in [-0.2, -0.15) is 0 Å². The lowest BCUT2D eigenvalue weighted by Gasteiger charge is -2.19. The predicted molar refractivity (Wildman–Crippen MR) is 88.4 cm³/mol. The molecular weight excluding hydrogens is 278 g/mol. The molecule has 4 nitrogen and oxygen atoms in total. The average Bonchev–Trinajstić information content (AvgIpc) is 2.83. The fourth-order valence-electron chi connectivity index (χ4n) is 2.33. The van der Waals surface area contributed by atoms with Crippen LogP contribution in [0.3, 0.4) is 0 Å². The summed E-state index contributed by atoms with van der Waals surface area (Å²) in [6.45, 7) is 5.63. The second-order valence-electron chi connectivity index (χ2n) is 6.35. The minimum atomic E-state index is -0.474. The Hall–Kier alpha value is -2.49. The van der Waals surface area contributed by atoms with Crippen molar-refractivity contribution in [3.63, 3.8) is 0 Å². The highest BCUT2D eigenvalue weighted by Gasteiger charge is 2.23. The van der Waals surface area contributed by atoms with Crippen LogP contribution in [0.2, 0.25) is 0 Å². The van der Waals surface area contributed by atoms with E-state index in [4.69, 9.17) is 9.15 Å². The van der Waals surface area contributed by atoms with E-state index in [0.29, 0.717) is 11.4 Å². The Bertz CT molecular complexity index is 856. The summed E-state index contributed by atoms with van der Waals surface area (Å²) in [6, 6.07) is 11.6. The first-order chi connectivity index (χ1) is 10.4. The summed E-state index contributed by atoms with van der Waals surface area (Å²) in [6.07, 6.45) is 0. The first kappa shape index (κ1) is 14.4. The summed E-state index contributed by atoms with van der Waals surface area (Å²) in [5.74, 6) is 0.530. The number of nitrogens with one attached hydrogen (secondary N) is 1. The maximum Gasteiger partial charge on any atom is 0.229 e. The topological polar surface area (TPSA) is 51.5 Å². The molecule has 22 heavy (non-hydrogen) atoms. The van der Waals surface area contributed by atoms with E-state index in [1.54, 1.807) is 7.11 Å². The van der Waals surface area contributed by atoms with Crippen molar-refractivity contribution in [2.24, 2.45) is 5.41 Å². The lowest BCUT2D eigenvalue weighted by Crippen LogP contribution is -2.27. The number of anilines is 1. The number of furan rings is 1. The number of hydrogen-bond acceptors (Lipinski definition) is 3. The molecule has 0 spiro atoms. The van der Waals surface area contributed by atoms with Crippen LogP contribution in [0.4, 0.5) is 5.69 Å². The van der Waals surface area contributed by atoms with Crippen LogP contribution in [0.25, 0.3) is 21.9 Å². The third-order valence-corrected chi connectivity index (χ3v) is 3.63. The summed E-state index contributed by atoms with van der Waals surface area (Å²) in [7, 11) is 1.58. The van der Waals surface area contributed by atoms with E-state index < -0.39 is 5.41 Å². The Labute approximate surface area is 129 Å². The first-order valence-electron chi connectivity index (χ1n) is 7.21. The molecule has 3 aromatic rings. The highest BCUT2D eigenvalue weighted by atomic mass is 16.5. The van der Waals surface area contributed by atoms with E-state index in [0.717, 1.165) is 21.9 Å². The molecule has 1 amide bonds. The van der Waals surface area contributed by atoms with Crippen molar-refractivity contribution in [3.05, 3.63) is 36.4 Å². The lowest BCUT2D eigenvalue weighted by molar-refractivity contribution is -0.123. The second kappa shape index (κ2) is 5.05. The molecule has 0 saturated carbocycles. The van der Waals surface area contributed by atoms with Crippen molar-refractivity contribution < 1.29 is 13.9 Å². The van der Waals surface area contributed by atoms with E-state index in [1.807, 2.05) is 57.2 Å². The molecule has 0 aliphatic heterocycles. The molecule has 114 valence electrons. The number of hydrogen-bond donors (Lipinski definition) is 1. The minimum Gasteiger partial charge on any atom is -0.494 e. The Morgan fingerprint density at radius 2 is 1.82 bits per heavy atom. The van der Waals surface area contributed by atoms with Gasteiger partial charge >= 0.3 is 0 Å². The zero-order valence-corrected chi connectivity index (χ0v) is 13.2. The van der Waals surface area contributed by atoms with E-state index in [1.165, 1.54) is 0 Å². The maximum atomic E-state index is 12.2. The lowest BCUT2D eigenvalue weighted by atomic mass is 9.95. The fourth-order valence-corrected chi connectivity index (χ4v) is 2.33. The van der Waals surface area contributed by atoms with Gasteiger partial charge < -0.3 is 14.5 Å². The van der Waals surface area contributed by atoms with Gasteiger partial charge in [0.25, 0.3) is 0 Å². The Morgan fingerprint density at radius 1 is 1.09 bits per heavy atom. The van der Waals surface area contributed by atoms with Gasteiger partial charge in [0.2, 0.25) is 5.91 Å². The third-order valence-electron chi connectivity index (χ3n) is 3.63. The van der Waals surface area contributed by atoms with Crippen LogP contribution in [-0.2, 0) is 4.79 Å². The van der Waals surface area contributed by atoms with Gasteiger partial charge in [0.15, 0.2) is 0 Å². The molecule has 1 aromatic heterocycles. The number of amides is 1. The zero-order chi connectivity index (χ0) is 15.9. The molecule has 0 bridgehead atoms. The number of carbonyl (C=O) groups is 1. The number of methoxy groups -OCH3 is 1. The highest BCUT2D eigenvalue weighted by molar-refractivity contribution is 6.08. The number of ether oxygens (including phenoxy) is 1. The maximum absolute atomic E-state index is 12.2. The van der Waals surface area contributed by atoms with Crippen molar-refractivity contribution in [1.29, 1.82) is 0 Å². The van der Waals surface area contributed by atoms with Crippen molar-refractivity contribution >= 4 is 33.5 Å². The Morgan fingerprint density at radius 3 is 2.50 bits per heavy atom. The van der Waals surface area contributed by atoms with Crippen LogP contribution in [0.15, 0.2) is 40.8 Å². The molecule has 0 fully saturated rings. The van der Waals surface area contributed by atoms with Crippen molar-refractivity contribution in [1.82, 2.24) is 0 Å². The number of fused-ring (bicyclic) bond motifs is 3. The third kappa shape index (κ3) is 2.41. The number of carbonyl (C=O) groups excluding carboxylic acids is 1. The SMILES string of the molecule is COc1cc2oc3ccccc3c2cc1NC(=O)C(C)(C)C. The predicted octanol–water partition coefficient (Wildman–Crippen LogP) is 4.58. The molecular formula is C18H19NO3. The first-order valence-corrected chi connectivity index (χ1v) is 7.21. The van der Waals surface area contributed by atoms with Crippen LogP contribution in [0.5, 0.6) is 5.75 Å². The molecule has 0 atom stereocenters. The molecule has 0 unspecified atom stereocenters. The fraction of sp³-hybridized carbons (Fsp3) is 0.278. The van der Waals surface area contributed by atoms with Gasteiger partial charge in [0.05, 0.1) is 12.8 Å². The minimum absolute atomic E-state index is 0.0575. The molecule has 3 rings (SSSR count). The van der Waals surface area contributed by atoms with E-state index in [2.05, 4.69) is 5.32 Å². The Kier molecular flexibility index (Phi) is 3.32. The number of para-hydroxylation sites is 1. The van der Waals surface area contributed by atoms with Crippen molar-refractivity contribution in [2.75, 3.05) is 12.4 Å². The molecule has 2 aromatic carbocycles. The molecule has 1 N–H and O–H groups in total.